The second kappa shape index (κ2) is 2.99. The lowest BCUT2D eigenvalue weighted by molar-refractivity contribution is -0.111. The highest BCUT2D eigenvalue weighted by Gasteiger charge is 1.96. The third kappa shape index (κ3) is 1.57. The first kappa shape index (κ1) is 6.78. The van der Waals surface area contributed by atoms with Crippen molar-refractivity contribution >= 4 is 23.1 Å². The van der Waals surface area contributed by atoms with Crippen LogP contribution < -0.4 is 5.32 Å². The number of nitrogens with one attached hydrogen (secondary N) is 1. The molecular formula is C6H4N2OS. The summed E-state index contributed by atoms with van der Waals surface area (Å²) in [5, 5.41) is 4.10. The fourth-order valence-electron chi connectivity index (χ4n) is 0.427. The van der Waals surface area contributed by atoms with Crippen molar-refractivity contribution in [1.29, 1.82) is 0 Å². The standard InChI is InChI=1S/C6H4N2OS/c1-2-6(9)8-5-3-10-4-7-5/h1,3-4H,(H,8,9). The van der Waals surface area contributed by atoms with Crippen molar-refractivity contribution in [2.45, 2.75) is 0 Å². The van der Waals surface area contributed by atoms with Gasteiger partial charge in [0.15, 0.2) is 0 Å². The van der Waals surface area contributed by atoms with E-state index in [0.717, 1.165) is 0 Å². The molecule has 0 aliphatic carbocycles. The van der Waals surface area contributed by atoms with Crippen LogP contribution in [0.25, 0.3) is 0 Å². The predicted molar refractivity (Wildman–Crippen MR) is 39.6 cm³/mol. The second-order valence-corrected chi connectivity index (χ2v) is 2.19. The van der Waals surface area contributed by atoms with Crippen LogP contribution in [-0.2, 0) is 4.79 Å². The SMILES string of the molecule is C#CC(=O)Nc1cscn1. The average molecular weight is 152 g/mol. The molecule has 1 rings (SSSR count). The number of carbonyl (C=O) groups is 1. The molecule has 4 heteroatoms. The Hall–Kier alpha value is -1.34. The smallest absolute Gasteiger partial charge is 0.299 e. The summed E-state index contributed by atoms with van der Waals surface area (Å²) in [5.74, 6) is 1.96. The van der Waals surface area contributed by atoms with E-state index in [-0.39, 0.29) is 0 Å². The van der Waals surface area contributed by atoms with Gasteiger partial charge in [0.1, 0.15) is 5.82 Å². The Balaban J connectivity index is 2.59. The number of thiazole rings is 1. The minimum atomic E-state index is -0.467. The maximum Gasteiger partial charge on any atom is 0.301 e. The van der Waals surface area contributed by atoms with Gasteiger partial charge >= 0.3 is 5.91 Å². The predicted octanol–water partition coefficient (Wildman–Crippen LogP) is 0.715. The summed E-state index contributed by atoms with van der Waals surface area (Å²) in [5.41, 5.74) is 1.62. The van der Waals surface area contributed by atoms with Gasteiger partial charge in [-0.05, 0) is 5.92 Å². The highest BCUT2D eigenvalue weighted by Crippen LogP contribution is 2.05. The van der Waals surface area contributed by atoms with Crippen LogP contribution in [0.3, 0.4) is 0 Å². The summed E-state index contributed by atoms with van der Waals surface area (Å²) < 4.78 is 0. The fourth-order valence-corrected chi connectivity index (χ4v) is 0.911. The molecule has 1 N–H and O–H groups in total. The van der Waals surface area contributed by atoms with Gasteiger partial charge in [0.05, 0.1) is 5.51 Å². The molecule has 0 aromatic carbocycles. The van der Waals surface area contributed by atoms with E-state index in [4.69, 9.17) is 6.42 Å². The Morgan fingerprint density at radius 3 is 3.20 bits per heavy atom. The maximum absolute atomic E-state index is 10.5. The Labute approximate surface area is 62.1 Å². The second-order valence-electron chi connectivity index (χ2n) is 1.47. The molecule has 1 heterocycles. The van der Waals surface area contributed by atoms with Gasteiger partial charge in [-0.1, -0.05) is 0 Å². The number of hydrogen-bond donors (Lipinski definition) is 1. The number of amides is 1. The molecule has 0 unspecified atom stereocenters. The van der Waals surface area contributed by atoms with E-state index in [1.54, 1.807) is 10.9 Å². The monoisotopic (exact) mass is 152 g/mol. The van der Waals surface area contributed by atoms with Gasteiger partial charge in [0.25, 0.3) is 0 Å². The summed E-state index contributed by atoms with van der Waals surface area (Å²) in [7, 11) is 0. The normalized spacial score (nSPS) is 8.30. The van der Waals surface area contributed by atoms with Gasteiger partial charge in [0.2, 0.25) is 0 Å². The van der Waals surface area contributed by atoms with Crippen molar-refractivity contribution < 1.29 is 4.79 Å². The molecule has 0 saturated heterocycles. The Morgan fingerprint density at radius 1 is 1.90 bits per heavy atom. The molecule has 1 aromatic rings. The molecular weight excluding hydrogens is 148 g/mol. The molecule has 3 nitrogen and oxygen atoms in total. The van der Waals surface area contributed by atoms with Crippen LogP contribution >= 0.6 is 11.3 Å². The Bertz CT molecular complexity index is 260. The minimum Gasteiger partial charge on any atom is -0.299 e. The van der Waals surface area contributed by atoms with Crippen LogP contribution in [0.1, 0.15) is 0 Å². The number of aromatic nitrogens is 1. The first-order valence-electron chi connectivity index (χ1n) is 2.48. The number of anilines is 1. The van der Waals surface area contributed by atoms with E-state index in [1.165, 1.54) is 11.3 Å². The van der Waals surface area contributed by atoms with Crippen LogP contribution in [0.4, 0.5) is 5.82 Å². The molecule has 1 aromatic heterocycles. The van der Waals surface area contributed by atoms with E-state index in [9.17, 15) is 4.79 Å². The van der Waals surface area contributed by atoms with Gasteiger partial charge in [-0.25, -0.2) is 4.98 Å². The number of nitrogens with zero attached hydrogens (tertiary/aromatic N) is 1. The van der Waals surface area contributed by atoms with E-state index in [2.05, 4.69) is 10.3 Å². The fraction of sp³-hybridized carbons (Fsp3) is 0. The van der Waals surface area contributed by atoms with Gasteiger partial charge in [-0.2, -0.15) is 0 Å². The minimum absolute atomic E-state index is 0.467. The molecule has 50 valence electrons. The van der Waals surface area contributed by atoms with E-state index >= 15 is 0 Å². The lowest BCUT2D eigenvalue weighted by Gasteiger charge is -1.90. The maximum atomic E-state index is 10.5. The van der Waals surface area contributed by atoms with Crippen LogP contribution in [0.2, 0.25) is 0 Å². The van der Waals surface area contributed by atoms with Crippen molar-refractivity contribution in [2.24, 2.45) is 0 Å². The summed E-state index contributed by atoms with van der Waals surface area (Å²) in [6, 6.07) is 0. The Morgan fingerprint density at radius 2 is 2.70 bits per heavy atom. The van der Waals surface area contributed by atoms with Crippen molar-refractivity contribution in [3.05, 3.63) is 10.9 Å². The Kier molecular flexibility index (Phi) is 2.03. The average Bonchev–Trinajstić information content (AvgIpc) is 2.40. The summed E-state index contributed by atoms with van der Waals surface area (Å²) >= 11 is 1.40. The van der Waals surface area contributed by atoms with Gasteiger partial charge in [0, 0.05) is 5.38 Å². The highest BCUT2D eigenvalue weighted by molar-refractivity contribution is 7.07. The summed E-state index contributed by atoms with van der Waals surface area (Å²) in [4.78, 5) is 14.3. The van der Waals surface area contributed by atoms with Gasteiger partial charge in [-0.15, -0.1) is 17.8 Å². The van der Waals surface area contributed by atoms with Crippen molar-refractivity contribution in [3.8, 4) is 12.3 Å². The third-order valence-electron chi connectivity index (χ3n) is 0.805. The zero-order valence-electron chi connectivity index (χ0n) is 5.00. The highest BCUT2D eigenvalue weighted by atomic mass is 32.1. The molecule has 0 radical (unpaired) electrons. The van der Waals surface area contributed by atoms with Crippen LogP contribution in [-0.4, -0.2) is 10.9 Å². The topological polar surface area (TPSA) is 42.0 Å². The zero-order chi connectivity index (χ0) is 7.40. The van der Waals surface area contributed by atoms with Crippen molar-refractivity contribution in [3.63, 3.8) is 0 Å². The summed E-state index contributed by atoms with van der Waals surface area (Å²) in [6.07, 6.45) is 4.80. The first-order chi connectivity index (χ1) is 4.83. The molecule has 10 heavy (non-hydrogen) atoms. The van der Waals surface area contributed by atoms with E-state index in [0.29, 0.717) is 5.82 Å². The number of rotatable bonds is 1. The lowest BCUT2D eigenvalue weighted by atomic mass is 10.6. The van der Waals surface area contributed by atoms with E-state index in [1.807, 2.05) is 5.92 Å². The lowest BCUT2D eigenvalue weighted by Crippen LogP contribution is -2.07. The molecule has 0 saturated carbocycles. The van der Waals surface area contributed by atoms with Crippen molar-refractivity contribution in [1.82, 2.24) is 4.98 Å². The molecule has 0 spiro atoms. The van der Waals surface area contributed by atoms with Crippen LogP contribution in [0.5, 0.6) is 0 Å². The van der Waals surface area contributed by atoms with Crippen molar-refractivity contribution in [2.75, 3.05) is 5.32 Å². The molecule has 0 aliphatic heterocycles. The summed E-state index contributed by atoms with van der Waals surface area (Å²) in [6.45, 7) is 0. The molecule has 1 amide bonds. The number of terminal acetylenes is 1. The van der Waals surface area contributed by atoms with E-state index < -0.39 is 5.91 Å². The molecule has 0 bridgehead atoms. The quantitative estimate of drug-likeness (QED) is 0.602. The van der Waals surface area contributed by atoms with Gasteiger partial charge in [-0.3, -0.25) is 10.1 Å². The molecule has 0 atom stereocenters. The largest absolute Gasteiger partial charge is 0.301 e. The van der Waals surface area contributed by atoms with Gasteiger partial charge < -0.3 is 0 Å². The third-order valence-corrected chi connectivity index (χ3v) is 1.39. The first-order valence-corrected chi connectivity index (χ1v) is 3.43. The number of carbonyl (C=O) groups excluding carboxylic acids is 1. The number of hydrogen-bond acceptors (Lipinski definition) is 3. The zero-order valence-corrected chi connectivity index (χ0v) is 5.81. The molecule has 0 fully saturated rings. The van der Waals surface area contributed by atoms with Crippen LogP contribution in [0.15, 0.2) is 10.9 Å². The molecule has 0 aliphatic rings. The van der Waals surface area contributed by atoms with Crippen LogP contribution in [0, 0.1) is 12.3 Å².